The van der Waals surface area contributed by atoms with E-state index >= 15 is 0 Å². The van der Waals surface area contributed by atoms with Crippen LogP contribution in [0, 0.1) is 5.92 Å². The van der Waals surface area contributed by atoms with Crippen molar-refractivity contribution in [1.82, 2.24) is 20.6 Å². The number of ether oxygens (including phenoxy) is 1. The number of carbonyl (C=O) groups excluding carboxylic acids is 1. The van der Waals surface area contributed by atoms with Crippen LogP contribution in [0.5, 0.6) is 0 Å². The summed E-state index contributed by atoms with van der Waals surface area (Å²) in [6.45, 7) is 2.33. The van der Waals surface area contributed by atoms with E-state index in [0.29, 0.717) is 18.7 Å². The summed E-state index contributed by atoms with van der Waals surface area (Å²) in [6, 6.07) is 0.346. The molecule has 1 saturated heterocycles. The molecule has 20 heavy (non-hydrogen) atoms. The zero-order valence-corrected chi connectivity index (χ0v) is 11.6. The highest BCUT2D eigenvalue weighted by Crippen LogP contribution is 2.28. The average Bonchev–Trinajstić information content (AvgIpc) is 3.00. The molecule has 1 aromatic heterocycles. The van der Waals surface area contributed by atoms with Gasteiger partial charge in [-0.05, 0) is 19.3 Å². The van der Waals surface area contributed by atoms with Crippen LogP contribution < -0.4 is 10.6 Å². The first-order chi connectivity index (χ1) is 9.83. The van der Waals surface area contributed by atoms with Gasteiger partial charge in [-0.25, -0.2) is 4.98 Å². The molecule has 1 aliphatic carbocycles. The van der Waals surface area contributed by atoms with Crippen molar-refractivity contribution < 1.29 is 9.53 Å². The Kier molecular flexibility index (Phi) is 4.32. The summed E-state index contributed by atoms with van der Waals surface area (Å²) in [5.41, 5.74) is 0. The maximum Gasteiger partial charge on any atom is 0.223 e. The third-order valence-electron chi connectivity index (χ3n) is 4.21. The van der Waals surface area contributed by atoms with E-state index in [1.54, 1.807) is 12.4 Å². The number of H-pyrrole nitrogens is 1. The van der Waals surface area contributed by atoms with Gasteiger partial charge in [-0.1, -0.05) is 0 Å². The number of nitrogens with one attached hydrogen (secondary N) is 3. The van der Waals surface area contributed by atoms with E-state index in [1.807, 2.05) is 0 Å². The number of amides is 1. The SMILES string of the molecule is O=C(NCCc1ncc[nH]1)[C@H]1CC[C@H]2OCCN[C@@H]2C1. The van der Waals surface area contributed by atoms with Crippen LogP contribution in [-0.2, 0) is 16.0 Å². The highest BCUT2D eigenvalue weighted by molar-refractivity contribution is 5.78. The van der Waals surface area contributed by atoms with Gasteiger partial charge in [0, 0.05) is 43.9 Å². The molecular weight excluding hydrogens is 256 g/mol. The molecule has 0 aromatic carbocycles. The van der Waals surface area contributed by atoms with Crippen molar-refractivity contribution in [2.45, 2.75) is 37.8 Å². The number of aromatic nitrogens is 2. The summed E-state index contributed by atoms with van der Waals surface area (Å²) in [5.74, 6) is 1.20. The monoisotopic (exact) mass is 278 g/mol. The van der Waals surface area contributed by atoms with Crippen molar-refractivity contribution in [2.24, 2.45) is 5.92 Å². The Bertz CT molecular complexity index is 434. The number of nitrogens with zero attached hydrogens (tertiary/aromatic N) is 1. The van der Waals surface area contributed by atoms with E-state index in [0.717, 1.165) is 44.7 Å². The molecule has 0 unspecified atom stereocenters. The van der Waals surface area contributed by atoms with Gasteiger partial charge in [0.25, 0.3) is 0 Å². The number of hydrogen-bond acceptors (Lipinski definition) is 4. The van der Waals surface area contributed by atoms with Crippen LogP contribution in [0.15, 0.2) is 12.4 Å². The molecule has 3 rings (SSSR count). The Morgan fingerprint density at radius 1 is 1.50 bits per heavy atom. The molecule has 3 atom stereocenters. The van der Waals surface area contributed by atoms with Crippen LogP contribution in [0.1, 0.15) is 25.1 Å². The van der Waals surface area contributed by atoms with Crippen LogP contribution in [0.25, 0.3) is 0 Å². The molecule has 6 nitrogen and oxygen atoms in total. The zero-order chi connectivity index (χ0) is 13.8. The largest absolute Gasteiger partial charge is 0.375 e. The Morgan fingerprint density at radius 2 is 2.45 bits per heavy atom. The van der Waals surface area contributed by atoms with Crippen LogP contribution >= 0.6 is 0 Å². The van der Waals surface area contributed by atoms with E-state index in [1.165, 1.54) is 0 Å². The first kappa shape index (κ1) is 13.6. The molecule has 0 bridgehead atoms. The zero-order valence-electron chi connectivity index (χ0n) is 11.6. The number of morpholine rings is 1. The van der Waals surface area contributed by atoms with Crippen molar-refractivity contribution in [3.63, 3.8) is 0 Å². The highest BCUT2D eigenvalue weighted by atomic mass is 16.5. The molecule has 2 fully saturated rings. The Labute approximate surface area is 118 Å². The molecule has 2 aliphatic rings. The molecule has 110 valence electrons. The molecule has 0 spiro atoms. The molecule has 0 radical (unpaired) electrons. The molecule has 1 amide bonds. The lowest BCUT2D eigenvalue weighted by molar-refractivity contribution is -0.128. The fraction of sp³-hybridized carbons (Fsp3) is 0.714. The molecule has 3 N–H and O–H groups in total. The first-order valence-corrected chi connectivity index (χ1v) is 7.44. The molecule has 1 aliphatic heterocycles. The van der Waals surface area contributed by atoms with Crippen LogP contribution in [-0.4, -0.2) is 47.7 Å². The number of imidazole rings is 1. The molecule has 1 aromatic rings. The van der Waals surface area contributed by atoms with Gasteiger partial charge in [-0.2, -0.15) is 0 Å². The number of hydrogen-bond donors (Lipinski definition) is 3. The van der Waals surface area contributed by atoms with Gasteiger partial charge in [-0.3, -0.25) is 4.79 Å². The van der Waals surface area contributed by atoms with Gasteiger partial charge >= 0.3 is 0 Å². The van der Waals surface area contributed by atoms with Gasteiger partial charge in [0.05, 0.1) is 12.7 Å². The standard InChI is InChI=1S/C14H22N4O2/c19-14(18-4-3-13-16-5-6-17-13)10-1-2-12-11(9-10)15-7-8-20-12/h5-6,10-12,15H,1-4,7-9H2,(H,16,17)(H,18,19)/t10-,11+,12+/m0/s1. The third-order valence-corrected chi connectivity index (χ3v) is 4.21. The summed E-state index contributed by atoms with van der Waals surface area (Å²) in [4.78, 5) is 19.4. The lowest BCUT2D eigenvalue weighted by Crippen LogP contribution is -2.53. The van der Waals surface area contributed by atoms with Crippen LogP contribution in [0.3, 0.4) is 0 Å². The predicted molar refractivity (Wildman–Crippen MR) is 74.2 cm³/mol. The molecular formula is C14H22N4O2. The third kappa shape index (κ3) is 3.19. The Balaban J connectivity index is 1.43. The number of carbonyl (C=O) groups is 1. The van der Waals surface area contributed by atoms with Gasteiger partial charge in [-0.15, -0.1) is 0 Å². The smallest absolute Gasteiger partial charge is 0.223 e. The minimum atomic E-state index is 0.113. The summed E-state index contributed by atoms with van der Waals surface area (Å²) in [5, 5.41) is 6.48. The lowest BCUT2D eigenvalue weighted by atomic mass is 9.82. The summed E-state index contributed by atoms with van der Waals surface area (Å²) < 4.78 is 5.73. The summed E-state index contributed by atoms with van der Waals surface area (Å²) >= 11 is 0. The maximum atomic E-state index is 12.2. The normalized spacial score (nSPS) is 29.7. The van der Waals surface area contributed by atoms with Gasteiger partial charge < -0.3 is 20.4 Å². The average molecular weight is 278 g/mol. The fourth-order valence-electron chi connectivity index (χ4n) is 3.13. The minimum Gasteiger partial charge on any atom is -0.375 e. The summed E-state index contributed by atoms with van der Waals surface area (Å²) in [7, 11) is 0. The fourth-order valence-corrected chi connectivity index (χ4v) is 3.13. The van der Waals surface area contributed by atoms with Gasteiger partial charge in [0.15, 0.2) is 0 Å². The van der Waals surface area contributed by atoms with E-state index in [4.69, 9.17) is 4.74 Å². The number of rotatable bonds is 4. The van der Waals surface area contributed by atoms with E-state index in [-0.39, 0.29) is 11.8 Å². The molecule has 6 heteroatoms. The second-order valence-electron chi connectivity index (χ2n) is 5.56. The highest BCUT2D eigenvalue weighted by Gasteiger charge is 2.35. The van der Waals surface area contributed by atoms with Crippen molar-refractivity contribution in [3.8, 4) is 0 Å². The van der Waals surface area contributed by atoms with E-state index in [2.05, 4.69) is 20.6 Å². The summed E-state index contributed by atoms with van der Waals surface area (Å²) in [6.07, 6.45) is 7.37. The topological polar surface area (TPSA) is 79.0 Å². The predicted octanol–water partition coefficient (Wildman–Crippen LogP) is 0.225. The maximum absolute atomic E-state index is 12.2. The van der Waals surface area contributed by atoms with Crippen LogP contribution in [0.2, 0.25) is 0 Å². The van der Waals surface area contributed by atoms with Crippen molar-refractivity contribution in [3.05, 3.63) is 18.2 Å². The number of aromatic amines is 1. The first-order valence-electron chi connectivity index (χ1n) is 7.44. The van der Waals surface area contributed by atoms with Gasteiger partial charge in [0.2, 0.25) is 5.91 Å². The lowest BCUT2D eigenvalue weighted by Gasteiger charge is -2.39. The molecule has 1 saturated carbocycles. The van der Waals surface area contributed by atoms with Crippen LogP contribution in [0.4, 0.5) is 0 Å². The second-order valence-corrected chi connectivity index (χ2v) is 5.56. The van der Waals surface area contributed by atoms with Gasteiger partial charge in [0.1, 0.15) is 5.82 Å². The van der Waals surface area contributed by atoms with Crippen molar-refractivity contribution in [1.29, 1.82) is 0 Å². The second kappa shape index (κ2) is 6.37. The van der Waals surface area contributed by atoms with Crippen molar-refractivity contribution in [2.75, 3.05) is 19.7 Å². The molecule has 2 heterocycles. The van der Waals surface area contributed by atoms with E-state index in [9.17, 15) is 4.79 Å². The quantitative estimate of drug-likeness (QED) is 0.736. The number of fused-ring (bicyclic) bond motifs is 1. The Morgan fingerprint density at radius 3 is 3.30 bits per heavy atom. The minimum absolute atomic E-state index is 0.113. The Hall–Kier alpha value is -1.40. The van der Waals surface area contributed by atoms with E-state index < -0.39 is 0 Å². The van der Waals surface area contributed by atoms with Crippen molar-refractivity contribution >= 4 is 5.91 Å².